The number of anilines is 1. The van der Waals surface area contributed by atoms with E-state index in [-0.39, 0.29) is 42.7 Å². The van der Waals surface area contributed by atoms with E-state index in [4.69, 9.17) is 9.84 Å². The van der Waals surface area contributed by atoms with Gasteiger partial charge in [0.05, 0.1) is 12.3 Å². The number of amides is 1. The summed E-state index contributed by atoms with van der Waals surface area (Å²) in [5.41, 5.74) is -0.244. The van der Waals surface area contributed by atoms with E-state index in [1.54, 1.807) is 13.8 Å². The summed E-state index contributed by atoms with van der Waals surface area (Å²) in [6, 6.07) is 4.14. The molecule has 1 aliphatic rings. The molecule has 0 saturated heterocycles. The number of hydrogen-bond acceptors (Lipinski definition) is 3. The molecule has 0 radical (unpaired) electrons. The van der Waals surface area contributed by atoms with Crippen molar-refractivity contribution in [1.82, 2.24) is 0 Å². The quantitative estimate of drug-likeness (QED) is 0.650. The third kappa shape index (κ3) is 4.05. The Bertz CT molecular complexity index is 999. The highest BCUT2D eigenvalue weighted by atomic mass is 19.1. The van der Waals surface area contributed by atoms with E-state index in [1.807, 2.05) is 0 Å². The third-order valence-electron chi connectivity index (χ3n) is 4.89. The minimum atomic E-state index is -1.26. The number of nitrogens with zero attached hydrogens (tertiary/aromatic N) is 1. The fourth-order valence-electron chi connectivity index (χ4n) is 3.73. The Morgan fingerprint density at radius 3 is 2.30 bits per heavy atom. The van der Waals surface area contributed by atoms with Gasteiger partial charge < -0.3 is 14.9 Å². The zero-order valence-electron chi connectivity index (χ0n) is 16.3. The van der Waals surface area contributed by atoms with Crippen molar-refractivity contribution in [3.63, 3.8) is 0 Å². The second kappa shape index (κ2) is 7.89. The van der Waals surface area contributed by atoms with Gasteiger partial charge in [-0.15, -0.1) is 0 Å². The number of fused-ring (bicyclic) bond motifs is 1. The number of aliphatic carboxylic acids is 1. The van der Waals surface area contributed by atoms with E-state index in [0.717, 1.165) is 23.1 Å². The van der Waals surface area contributed by atoms with Gasteiger partial charge >= 0.3 is 12.1 Å². The zero-order valence-corrected chi connectivity index (χ0v) is 16.3. The number of benzene rings is 2. The summed E-state index contributed by atoms with van der Waals surface area (Å²) < 4.78 is 48.3. The van der Waals surface area contributed by atoms with E-state index in [1.165, 1.54) is 6.07 Å². The Kier molecular flexibility index (Phi) is 5.65. The molecule has 6 nitrogen and oxygen atoms in total. The van der Waals surface area contributed by atoms with E-state index in [0.29, 0.717) is 5.56 Å². The number of ether oxygens (including phenoxy) is 1. The van der Waals surface area contributed by atoms with Crippen molar-refractivity contribution in [3.8, 4) is 16.9 Å². The maximum absolute atomic E-state index is 14.5. The largest absolute Gasteiger partial charge is 0.488 e. The Labute approximate surface area is 170 Å². The number of carbonyl (C=O) groups is 2. The van der Waals surface area contributed by atoms with Crippen LogP contribution in [0.15, 0.2) is 24.3 Å². The molecule has 0 aromatic heterocycles. The molecule has 2 N–H and O–H groups in total. The SMILES string of the molecule is CC1(C)Cc2cc(F)cc(-c3cc(F)c(OCCCC(=O)O)c(F)c3)c2N1C(=O)O. The molecule has 0 bridgehead atoms. The zero-order chi connectivity index (χ0) is 22.2. The third-order valence-corrected chi connectivity index (χ3v) is 4.89. The Morgan fingerprint density at radius 2 is 1.73 bits per heavy atom. The van der Waals surface area contributed by atoms with Crippen LogP contribution in [0.5, 0.6) is 5.75 Å². The van der Waals surface area contributed by atoms with Gasteiger partial charge in [0.2, 0.25) is 0 Å². The summed E-state index contributed by atoms with van der Waals surface area (Å²) >= 11 is 0. The molecule has 0 atom stereocenters. The number of halogens is 3. The lowest BCUT2D eigenvalue weighted by Crippen LogP contribution is -2.44. The van der Waals surface area contributed by atoms with Crippen LogP contribution in [0.4, 0.5) is 23.7 Å². The number of rotatable bonds is 6. The predicted molar refractivity (Wildman–Crippen MR) is 102 cm³/mol. The second-order valence-electron chi connectivity index (χ2n) is 7.68. The molecule has 160 valence electrons. The van der Waals surface area contributed by atoms with Crippen LogP contribution in [0.1, 0.15) is 32.3 Å². The van der Waals surface area contributed by atoms with Gasteiger partial charge in [-0.05, 0) is 62.1 Å². The predicted octanol–water partition coefficient (Wildman–Crippen LogP) is 4.83. The highest BCUT2D eigenvalue weighted by Crippen LogP contribution is 2.46. The molecule has 9 heteroatoms. The van der Waals surface area contributed by atoms with Crippen LogP contribution < -0.4 is 9.64 Å². The molecule has 0 aliphatic carbocycles. The Hall–Kier alpha value is -3.23. The van der Waals surface area contributed by atoms with Crippen molar-refractivity contribution in [2.45, 2.75) is 38.6 Å². The maximum Gasteiger partial charge on any atom is 0.412 e. The lowest BCUT2D eigenvalue weighted by atomic mass is 9.97. The highest BCUT2D eigenvalue weighted by molar-refractivity contribution is 5.97. The van der Waals surface area contributed by atoms with Gasteiger partial charge in [-0.25, -0.2) is 18.0 Å². The van der Waals surface area contributed by atoms with Crippen LogP contribution in [-0.4, -0.2) is 34.4 Å². The summed E-state index contributed by atoms with van der Waals surface area (Å²) in [6.07, 6.45) is -1.16. The van der Waals surface area contributed by atoms with Crippen molar-refractivity contribution in [1.29, 1.82) is 0 Å². The van der Waals surface area contributed by atoms with Crippen LogP contribution in [-0.2, 0) is 11.2 Å². The van der Waals surface area contributed by atoms with Crippen molar-refractivity contribution >= 4 is 17.7 Å². The van der Waals surface area contributed by atoms with Crippen molar-refractivity contribution in [2.75, 3.05) is 11.5 Å². The summed E-state index contributed by atoms with van der Waals surface area (Å²) in [7, 11) is 0. The number of carboxylic acid groups (broad SMARTS) is 2. The topological polar surface area (TPSA) is 87.1 Å². The van der Waals surface area contributed by atoms with Gasteiger partial charge in [0.1, 0.15) is 5.82 Å². The van der Waals surface area contributed by atoms with Crippen molar-refractivity contribution < 1.29 is 37.7 Å². The van der Waals surface area contributed by atoms with E-state index in [9.17, 15) is 27.9 Å². The Balaban J connectivity index is 2.02. The monoisotopic (exact) mass is 423 g/mol. The van der Waals surface area contributed by atoms with Gasteiger partial charge in [0, 0.05) is 17.5 Å². The second-order valence-corrected chi connectivity index (χ2v) is 7.68. The molecule has 0 unspecified atom stereocenters. The molecule has 0 spiro atoms. The van der Waals surface area contributed by atoms with E-state index in [2.05, 4.69) is 0 Å². The van der Waals surface area contributed by atoms with Gasteiger partial charge in [0.25, 0.3) is 0 Å². The summed E-state index contributed by atoms with van der Waals surface area (Å²) in [4.78, 5) is 23.4. The van der Waals surface area contributed by atoms with Gasteiger partial charge in [-0.1, -0.05) is 0 Å². The molecule has 30 heavy (non-hydrogen) atoms. The summed E-state index contributed by atoms with van der Waals surface area (Å²) in [6.45, 7) is 3.16. The minimum Gasteiger partial charge on any atom is -0.488 e. The van der Waals surface area contributed by atoms with Crippen molar-refractivity contribution in [3.05, 3.63) is 47.3 Å². The van der Waals surface area contributed by atoms with Gasteiger partial charge in [-0.3, -0.25) is 9.69 Å². The standard InChI is InChI=1S/C21H20F3NO5/c1-21(2)10-12-6-13(22)9-14(18(12)25(21)20(28)29)11-7-15(23)19(16(24)8-11)30-5-3-4-17(26)27/h6-9H,3-5,10H2,1-2H3,(H,26,27)(H,28,29). The first-order chi connectivity index (χ1) is 14.0. The summed E-state index contributed by atoms with van der Waals surface area (Å²) in [5, 5.41) is 18.3. The first-order valence-corrected chi connectivity index (χ1v) is 9.21. The molecule has 0 fully saturated rings. The van der Waals surface area contributed by atoms with E-state index < -0.39 is 40.8 Å². The number of carboxylic acids is 1. The average molecular weight is 423 g/mol. The average Bonchev–Trinajstić information content (AvgIpc) is 2.88. The molecular weight excluding hydrogens is 403 g/mol. The smallest absolute Gasteiger partial charge is 0.412 e. The molecule has 1 aliphatic heterocycles. The fraction of sp³-hybridized carbons (Fsp3) is 0.333. The van der Waals surface area contributed by atoms with Crippen LogP contribution in [0.25, 0.3) is 11.1 Å². The van der Waals surface area contributed by atoms with Crippen LogP contribution in [0.3, 0.4) is 0 Å². The minimum absolute atomic E-state index is 0.0393. The van der Waals surface area contributed by atoms with Crippen LogP contribution in [0.2, 0.25) is 0 Å². The molecular formula is C21H20F3NO5. The number of hydrogen-bond donors (Lipinski definition) is 2. The highest BCUT2D eigenvalue weighted by Gasteiger charge is 2.42. The van der Waals surface area contributed by atoms with Crippen LogP contribution in [0, 0.1) is 17.5 Å². The molecule has 2 aromatic rings. The molecule has 3 rings (SSSR count). The first kappa shape index (κ1) is 21.5. The van der Waals surface area contributed by atoms with Gasteiger partial charge in [0.15, 0.2) is 17.4 Å². The maximum atomic E-state index is 14.5. The Morgan fingerprint density at radius 1 is 1.10 bits per heavy atom. The van der Waals surface area contributed by atoms with Crippen LogP contribution >= 0.6 is 0 Å². The van der Waals surface area contributed by atoms with Crippen molar-refractivity contribution in [2.24, 2.45) is 0 Å². The molecule has 2 aromatic carbocycles. The van der Waals surface area contributed by atoms with Gasteiger partial charge in [-0.2, -0.15) is 0 Å². The lowest BCUT2D eigenvalue weighted by Gasteiger charge is -2.30. The molecule has 1 heterocycles. The molecule has 0 saturated carbocycles. The fourth-order valence-corrected chi connectivity index (χ4v) is 3.73. The normalized spacial score (nSPS) is 14.5. The summed E-state index contributed by atoms with van der Waals surface area (Å²) in [5.74, 6) is -4.50. The van der Waals surface area contributed by atoms with E-state index >= 15 is 0 Å². The molecule has 1 amide bonds. The lowest BCUT2D eigenvalue weighted by molar-refractivity contribution is -0.137. The first-order valence-electron chi connectivity index (χ1n) is 9.21.